The molecule has 0 aromatic heterocycles. The van der Waals surface area contributed by atoms with Crippen LogP contribution in [0.3, 0.4) is 0 Å². The monoisotopic (exact) mass is 312 g/mol. The van der Waals surface area contributed by atoms with Crippen LogP contribution in [0.1, 0.15) is 12.5 Å². The van der Waals surface area contributed by atoms with Gasteiger partial charge in [0, 0.05) is 19.2 Å². The van der Waals surface area contributed by atoms with Crippen LogP contribution in [0.4, 0.5) is 0 Å². The molecule has 116 valence electrons. The molecule has 21 heavy (non-hydrogen) atoms. The smallest absolute Gasteiger partial charge is 0.244 e. The lowest BCUT2D eigenvalue weighted by Crippen LogP contribution is -2.34. The Hall–Kier alpha value is -1.70. The zero-order valence-electron chi connectivity index (χ0n) is 12.3. The van der Waals surface area contributed by atoms with Crippen molar-refractivity contribution in [1.29, 1.82) is 0 Å². The van der Waals surface area contributed by atoms with E-state index in [9.17, 15) is 13.2 Å². The van der Waals surface area contributed by atoms with Crippen LogP contribution in [0, 0.1) is 0 Å². The number of amides is 1. The fraction of sp³-hybridized carbons (Fsp3) is 0.357. The standard InChI is InChI=1S/C14H20N2O4S/c1-11(10-20-3)16-14(17)9-6-12-4-7-13(8-5-12)21(18,19)15-2/h4-9,11,15H,10H2,1-3H3,(H,16,17)/b9-6+. The van der Waals surface area contributed by atoms with Gasteiger partial charge in [0.25, 0.3) is 0 Å². The van der Waals surface area contributed by atoms with Crippen molar-refractivity contribution in [2.75, 3.05) is 20.8 Å². The molecule has 0 spiro atoms. The van der Waals surface area contributed by atoms with E-state index in [1.54, 1.807) is 25.3 Å². The molecule has 0 aliphatic heterocycles. The lowest BCUT2D eigenvalue weighted by molar-refractivity contribution is -0.117. The highest BCUT2D eigenvalue weighted by atomic mass is 32.2. The van der Waals surface area contributed by atoms with E-state index in [4.69, 9.17) is 4.74 Å². The second-order valence-corrected chi connectivity index (χ2v) is 6.36. The molecule has 0 aliphatic rings. The molecule has 0 bridgehead atoms. The summed E-state index contributed by atoms with van der Waals surface area (Å²) in [6.07, 6.45) is 3.01. The van der Waals surface area contributed by atoms with E-state index >= 15 is 0 Å². The summed E-state index contributed by atoms with van der Waals surface area (Å²) in [4.78, 5) is 11.8. The first-order valence-corrected chi connectivity index (χ1v) is 7.88. The van der Waals surface area contributed by atoms with Gasteiger partial charge >= 0.3 is 0 Å². The minimum atomic E-state index is -3.44. The first-order valence-electron chi connectivity index (χ1n) is 6.40. The van der Waals surface area contributed by atoms with Gasteiger partial charge < -0.3 is 10.1 Å². The molecule has 7 heteroatoms. The van der Waals surface area contributed by atoms with Crippen LogP contribution >= 0.6 is 0 Å². The molecule has 1 atom stereocenters. The average molecular weight is 312 g/mol. The Balaban J connectivity index is 2.67. The lowest BCUT2D eigenvalue weighted by atomic mass is 10.2. The van der Waals surface area contributed by atoms with Crippen LogP contribution in [0.25, 0.3) is 6.08 Å². The minimum absolute atomic E-state index is 0.0738. The van der Waals surface area contributed by atoms with E-state index in [0.717, 1.165) is 5.56 Å². The molecule has 1 amide bonds. The van der Waals surface area contributed by atoms with Crippen LogP contribution in [-0.4, -0.2) is 41.1 Å². The van der Waals surface area contributed by atoms with Crippen LogP contribution < -0.4 is 10.0 Å². The minimum Gasteiger partial charge on any atom is -0.383 e. The first-order chi connectivity index (χ1) is 9.89. The quantitative estimate of drug-likeness (QED) is 0.728. The van der Waals surface area contributed by atoms with E-state index in [1.165, 1.54) is 25.3 Å². The van der Waals surface area contributed by atoms with Crippen molar-refractivity contribution >= 4 is 22.0 Å². The maximum Gasteiger partial charge on any atom is 0.244 e. The Kier molecular flexibility index (Phi) is 6.54. The van der Waals surface area contributed by atoms with Gasteiger partial charge in [-0.05, 0) is 37.7 Å². The van der Waals surface area contributed by atoms with Crippen LogP contribution in [-0.2, 0) is 19.6 Å². The second kappa shape index (κ2) is 7.92. The molecule has 0 radical (unpaired) electrons. The number of sulfonamides is 1. The van der Waals surface area contributed by atoms with E-state index in [0.29, 0.717) is 6.61 Å². The van der Waals surface area contributed by atoms with Gasteiger partial charge in [-0.25, -0.2) is 13.1 Å². The summed E-state index contributed by atoms with van der Waals surface area (Å²) >= 11 is 0. The number of methoxy groups -OCH3 is 1. The third kappa shape index (κ3) is 5.66. The Morgan fingerprint density at radius 2 is 1.95 bits per heavy atom. The largest absolute Gasteiger partial charge is 0.383 e. The van der Waals surface area contributed by atoms with E-state index in [1.807, 2.05) is 6.92 Å². The van der Waals surface area contributed by atoms with Crippen molar-refractivity contribution in [3.63, 3.8) is 0 Å². The van der Waals surface area contributed by atoms with Gasteiger partial charge in [-0.3, -0.25) is 4.79 Å². The van der Waals surface area contributed by atoms with Crippen molar-refractivity contribution in [2.24, 2.45) is 0 Å². The summed E-state index contributed by atoms with van der Waals surface area (Å²) in [6.45, 7) is 2.28. The Morgan fingerprint density at radius 1 is 1.33 bits per heavy atom. The molecule has 0 saturated carbocycles. The zero-order valence-corrected chi connectivity index (χ0v) is 13.1. The summed E-state index contributed by atoms with van der Waals surface area (Å²) in [5.41, 5.74) is 0.736. The van der Waals surface area contributed by atoms with Crippen molar-refractivity contribution in [1.82, 2.24) is 10.0 Å². The number of rotatable bonds is 7. The van der Waals surface area contributed by atoms with Gasteiger partial charge in [0.2, 0.25) is 15.9 Å². The molecule has 0 aliphatic carbocycles. The molecule has 1 unspecified atom stereocenters. The zero-order chi connectivity index (χ0) is 15.9. The SMILES string of the molecule is CNS(=O)(=O)c1ccc(/C=C/C(=O)NC(C)COC)cc1. The number of hydrogen-bond acceptors (Lipinski definition) is 4. The summed E-state index contributed by atoms with van der Waals surface area (Å²) in [7, 11) is -0.511. The number of benzene rings is 1. The highest BCUT2D eigenvalue weighted by molar-refractivity contribution is 7.89. The van der Waals surface area contributed by atoms with Gasteiger partial charge in [-0.1, -0.05) is 12.1 Å². The third-order valence-electron chi connectivity index (χ3n) is 2.69. The molecule has 1 rings (SSSR count). The topological polar surface area (TPSA) is 84.5 Å². The third-order valence-corrected chi connectivity index (χ3v) is 4.12. The van der Waals surface area contributed by atoms with Gasteiger partial charge in [-0.2, -0.15) is 0 Å². The molecule has 6 nitrogen and oxygen atoms in total. The number of hydrogen-bond donors (Lipinski definition) is 2. The fourth-order valence-corrected chi connectivity index (χ4v) is 2.36. The van der Waals surface area contributed by atoms with Gasteiger partial charge in [0.05, 0.1) is 11.5 Å². The van der Waals surface area contributed by atoms with Crippen molar-refractivity contribution in [2.45, 2.75) is 17.9 Å². The van der Waals surface area contributed by atoms with Gasteiger partial charge in [-0.15, -0.1) is 0 Å². The lowest BCUT2D eigenvalue weighted by Gasteiger charge is -2.10. The molecule has 1 aromatic rings. The van der Waals surface area contributed by atoms with E-state index in [-0.39, 0.29) is 16.8 Å². The van der Waals surface area contributed by atoms with Crippen molar-refractivity contribution < 1.29 is 17.9 Å². The van der Waals surface area contributed by atoms with E-state index in [2.05, 4.69) is 10.0 Å². The second-order valence-electron chi connectivity index (χ2n) is 4.47. The van der Waals surface area contributed by atoms with Crippen LogP contribution in [0.15, 0.2) is 35.2 Å². The number of carbonyl (C=O) groups excluding carboxylic acids is 1. The molecule has 1 aromatic carbocycles. The fourth-order valence-electron chi connectivity index (χ4n) is 1.63. The molecule has 2 N–H and O–H groups in total. The molecule has 0 heterocycles. The maximum absolute atomic E-state index is 11.6. The summed E-state index contributed by atoms with van der Waals surface area (Å²) in [6, 6.07) is 6.16. The number of carbonyl (C=O) groups is 1. The summed E-state index contributed by atoms with van der Waals surface area (Å²) in [5.74, 6) is -0.230. The summed E-state index contributed by atoms with van der Waals surface area (Å²) in [5, 5.41) is 2.74. The first kappa shape index (κ1) is 17.4. The summed E-state index contributed by atoms with van der Waals surface area (Å²) < 4.78 is 30.3. The molecule has 0 fully saturated rings. The van der Waals surface area contributed by atoms with Crippen LogP contribution in [0.5, 0.6) is 0 Å². The average Bonchev–Trinajstić information content (AvgIpc) is 2.45. The predicted octanol–water partition coefficient (Wildman–Crippen LogP) is 0.759. The number of nitrogens with one attached hydrogen (secondary N) is 2. The maximum atomic E-state index is 11.6. The normalized spacial score (nSPS) is 13.3. The molecular formula is C14H20N2O4S. The van der Waals surface area contributed by atoms with Gasteiger partial charge in [0.15, 0.2) is 0 Å². The Morgan fingerprint density at radius 3 is 2.48 bits per heavy atom. The Bertz CT molecular complexity index is 594. The highest BCUT2D eigenvalue weighted by Crippen LogP contribution is 2.11. The van der Waals surface area contributed by atoms with Crippen molar-refractivity contribution in [3.8, 4) is 0 Å². The van der Waals surface area contributed by atoms with Crippen LogP contribution in [0.2, 0.25) is 0 Å². The predicted molar refractivity (Wildman–Crippen MR) is 81.2 cm³/mol. The van der Waals surface area contributed by atoms with E-state index < -0.39 is 10.0 Å². The molecule has 0 saturated heterocycles. The highest BCUT2D eigenvalue weighted by Gasteiger charge is 2.09. The number of ether oxygens (including phenoxy) is 1. The Labute approximate surface area is 125 Å². The van der Waals surface area contributed by atoms with Gasteiger partial charge in [0.1, 0.15) is 0 Å². The molecular weight excluding hydrogens is 292 g/mol. The van der Waals surface area contributed by atoms with Crippen molar-refractivity contribution in [3.05, 3.63) is 35.9 Å².